The van der Waals surface area contributed by atoms with Crippen molar-refractivity contribution in [3.63, 3.8) is 0 Å². The van der Waals surface area contributed by atoms with Crippen LogP contribution in [0.2, 0.25) is 0 Å². The normalized spacial score (nSPS) is 16.8. The Balaban J connectivity index is 1.46. The maximum atomic E-state index is 12.9. The molecule has 4 heterocycles. The molecule has 9 nitrogen and oxygen atoms in total. The van der Waals surface area contributed by atoms with E-state index >= 15 is 0 Å². The first-order chi connectivity index (χ1) is 13.9. The van der Waals surface area contributed by atoms with Crippen molar-refractivity contribution in [1.29, 1.82) is 0 Å². The first-order valence-corrected chi connectivity index (χ1v) is 10.2. The van der Waals surface area contributed by atoms with Gasteiger partial charge in [0.1, 0.15) is 11.3 Å². The minimum atomic E-state index is -0.149. The van der Waals surface area contributed by atoms with Crippen LogP contribution in [-0.2, 0) is 19.5 Å². The molecule has 29 heavy (non-hydrogen) atoms. The molecule has 1 unspecified atom stereocenters. The summed E-state index contributed by atoms with van der Waals surface area (Å²) in [4.78, 5) is 25.6. The number of fused-ring (bicyclic) bond motifs is 2. The molecule has 1 N–H and O–H groups in total. The summed E-state index contributed by atoms with van der Waals surface area (Å²) in [7, 11) is 0. The lowest BCUT2D eigenvalue weighted by Gasteiger charge is -2.16. The Morgan fingerprint density at radius 3 is 2.93 bits per heavy atom. The molecule has 1 atom stereocenters. The first kappa shape index (κ1) is 19.4. The summed E-state index contributed by atoms with van der Waals surface area (Å²) in [5.41, 5.74) is 1.85. The van der Waals surface area contributed by atoms with Gasteiger partial charge in [-0.15, -0.1) is 0 Å². The van der Waals surface area contributed by atoms with E-state index in [4.69, 9.17) is 0 Å². The summed E-state index contributed by atoms with van der Waals surface area (Å²) in [6.07, 6.45) is 4.70. The minimum Gasteiger partial charge on any atom is -0.349 e. The summed E-state index contributed by atoms with van der Waals surface area (Å²) >= 11 is 0. The lowest BCUT2D eigenvalue weighted by molar-refractivity contribution is 0.0934. The zero-order valence-corrected chi connectivity index (χ0v) is 17.1. The SMILES string of the molecule is Cc1nn2ncccc2c1C(=O)NC1CCc2nn(CCC(C)C)c(=O)n2CC1. The third-order valence-corrected chi connectivity index (χ3v) is 5.49. The van der Waals surface area contributed by atoms with Gasteiger partial charge >= 0.3 is 5.69 Å². The zero-order chi connectivity index (χ0) is 20.5. The number of aryl methyl sites for hydroxylation is 3. The Bertz CT molecular complexity index is 1090. The molecule has 0 aromatic carbocycles. The van der Waals surface area contributed by atoms with E-state index in [1.54, 1.807) is 21.5 Å². The van der Waals surface area contributed by atoms with Crippen molar-refractivity contribution in [3.8, 4) is 0 Å². The summed E-state index contributed by atoms with van der Waals surface area (Å²) in [6.45, 7) is 7.31. The molecule has 1 aliphatic heterocycles. The molecule has 0 spiro atoms. The first-order valence-electron chi connectivity index (χ1n) is 10.2. The molecule has 1 aliphatic rings. The van der Waals surface area contributed by atoms with Crippen molar-refractivity contribution in [1.82, 2.24) is 34.5 Å². The van der Waals surface area contributed by atoms with Crippen molar-refractivity contribution in [2.24, 2.45) is 5.92 Å². The van der Waals surface area contributed by atoms with Gasteiger partial charge in [0.2, 0.25) is 0 Å². The Morgan fingerprint density at radius 1 is 1.31 bits per heavy atom. The molecule has 1 amide bonds. The summed E-state index contributed by atoms with van der Waals surface area (Å²) in [6, 6.07) is 3.62. The molecule has 3 aromatic rings. The molecule has 3 aromatic heterocycles. The van der Waals surface area contributed by atoms with E-state index in [1.165, 1.54) is 4.63 Å². The van der Waals surface area contributed by atoms with Crippen LogP contribution in [-0.4, -0.2) is 41.1 Å². The van der Waals surface area contributed by atoms with E-state index < -0.39 is 0 Å². The fourth-order valence-corrected chi connectivity index (χ4v) is 3.84. The van der Waals surface area contributed by atoms with Crippen LogP contribution in [0.15, 0.2) is 23.1 Å². The molecule has 0 radical (unpaired) electrons. The minimum absolute atomic E-state index is 0.0151. The van der Waals surface area contributed by atoms with Crippen LogP contribution in [0.1, 0.15) is 55.0 Å². The lowest BCUT2D eigenvalue weighted by Crippen LogP contribution is -2.36. The monoisotopic (exact) mass is 397 g/mol. The summed E-state index contributed by atoms with van der Waals surface area (Å²) < 4.78 is 4.83. The number of nitrogens with one attached hydrogen (secondary N) is 1. The van der Waals surface area contributed by atoms with Gasteiger partial charge < -0.3 is 5.32 Å². The largest absolute Gasteiger partial charge is 0.349 e. The standard InChI is InChI=1S/C20H27N7O2/c1-13(2)8-12-26-20(29)25-11-9-15(6-7-17(25)24-26)22-19(28)18-14(3)23-27-16(18)5-4-10-21-27/h4-5,10,13,15H,6-9,11-12H2,1-3H3,(H,22,28). The van der Waals surface area contributed by atoms with Crippen LogP contribution >= 0.6 is 0 Å². The molecule has 0 bridgehead atoms. The van der Waals surface area contributed by atoms with E-state index in [-0.39, 0.29) is 17.6 Å². The number of aromatic nitrogens is 6. The Morgan fingerprint density at radius 2 is 2.14 bits per heavy atom. The second-order valence-electron chi connectivity index (χ2n) is 8.11. The highest BCUT2D eigenvalue weighted by Crippen LogP contribution is 2.17. The number of amides is 1. The molecule has 4 rings (SSSR count). The Kier molecular flexibility index (Phi) is 5.21. The molecule has 0 aliphatic carbocycles. The van der Waals surface area contributed by atoms with E-state index in [1.807, 2.05) is 13.0 Å². The van der Waals surface area contributed by atoms with E-state index in [0.29, 0.717) is 48.6 Å². The van der Waals surface area contributed by atoms with Crippen LogP contribution in [0.25, 0.3) is 5.52 Å². The van der Waals surface area contributed by atoms with Gasteiger partial charge in [-0.05, 0) is 44.2 Å². The van der Waals surface area contributed by atoms with Gasteiger partial charge in [0.15, 0.2) is 0 Å². The van der Waals surface area contributed by atoms with Gasteiger partial charge in [-0.25, -0.2) is 9.48 Å². The Labute approximate surface area is 168 Å². The number of hydrogen-bond donors (Lipinski definition) is 1. The highest BCUT2D eigenvalue weighted by atomic mass is 16.2. The maximum Gasteiger partial charge on any atom is 0.345 e. The second kappa shape index (κ2) is 7.81. The van der Waals surface area contributed by atoms with Crippen molar-refractivity contribution in [2.45, 2.75) is 65.6 Å². The van der Waals surface area contributed by atoms with E-state index in [9.17, 15) is 9.59 Å². The third kappa shape index (κ3) is 3.81. The molecule has 0 saturated carbocycles. The van der Waals surface area contributed by atoms with Crippen molar-refractivity contribution in [2.75, 3.05) is 0 Å². The maximum absolute atomic E-state index is 12.9. The second-order valence-corrected chi connectivity index (χ2v) is 8.11. The number of rotatable bonds is 5. The highest BCUT2D eigenvalue weighted by Gasteiger charge is 2.24. The van der Waals surface area contributed by atoms with Gasteiger partial charge in [0.05, 0.1) is 11.3 Å². The summed E-state index contributed by atoms with van der Waals surface area (Å²) in [5, 5.41) is 16.1. The number of nitrogens with zero attached hydrogens (tertiary/aromatic N) is 6. The predicted molar refractivity (Wildman–Crippen MR) is 108 cm³/mol. The third-order valence-electron chi connectivity index (χ3n) is 5.49. The van der Waals surface area contributed by atoms with Crippen molar-refractivity contribution < 1.29 is 4.79 Å². The lowest BCUT2D eigenvalue weighted by atomic mass is 10.1. The molecular weight excluding hydrogens is 370 g/mol. The molecule has 154 valence electrons. The average Bonchev–Trinajstić information content (AvgIpc) is 3.09. The highest BCUT2D eigenvalue weighted by molar-refractivity contribution is 6.02. The van der Waals surface area contributed by atoms with Gasteiger partial charge in [0, 0.05) is 31.7 Å². The smallest absolute Gasteiger partial charge is 0.345 e. The number of hydrogen-bond acceptors (Lipinski definition) is 5. The van der Waals surface area contributed by atoms with E-state index in [2.05, 4.69) is 34.5 Å². The molecule has 0 saturated heterocycles. The van der Waals surface area contributed by atoms with Crippen LogP contribution in [0.3, 0.4) is 0 Å². The quantitative estimate of drug-likeness (QED) is 0.705. The van der Waals surface area contributed by atoms with Crippen molar-refractivity contribution >= 4 is 11.4 Å². The average molecular weight is 397 g/mol. The van der Waals surface area contributed by atoms with Gasteiger partial charge in [-0.2, -0.15) is 19.9 Å². The van der Waals surface area contributed by atoms with Gasteiger partial charge in [-0.3, -0.25) is 9.36 Å². The van der Waals surface area contributed by atoms with E-state index in [0.717, 1.165) is 18.7 Å². The van der Waals surface area contributed by atoms with Crippen LogP contribution in [0.5, 0.6) is 0 Å². The van der Waals surface area contributed by atoms with Gasteiger partial charge in [0.25, 0.3) is 5.91 Å². The number of carbonyl (C=O) groups is 1. The summed E-state index contributed by atoms with van der Waals surface area (Å²) in [5.74, 6) is 1.19. The predicted octanol–water partition coefficient (Wildman–Crippen LogP) is 1.58. The van der Waals surface area contributed by atoms with Crippen LogP contribution < -0.4 is 11.0 Å². The van der Waals surface area contributed by atoms with Crippen LogP contribution in [0, 0.1) is 12.8 Å². The van der Waals surface area contributed by atoms with Gasteiger partial charge in [-0.1, -0.05) is 13.8 Å². The molecule has 9 heteroatoms. The molecular formula is C20H27N7O2. The Hall–Kier alpha value is -2.97. The zero-order valence-electron chi connectivity index (χ0n) is 17.1. The topological polar surface area (TPSA) is 99.1 Å². The van der Waals surface area contributed by atoms with Crippen molar-refractivity contribution in [3.05, 3.63) is 45.9 Å². The fraction of sp³-hybridized carbons (Fsp3) is 0.550. The van der Waals surface area contributed by atoms with Crippen LogP contribution in [0.4, 0.5) is 0 Å². The molecule has 0 fully saturated rings. The fourth-order valence-electron chi connectivity index (χ4n) is 3.84. The number of carbonyl (C=O) groups excluding carboxylic acids is 1.